The highest BCUT2D eigenvalue weighted by Crippen LogP contribution is 2.37. The second-order valence-electron chi connectivity index (χ2n) is 9.19. The summed E-state index contributed by atoms with van der Waals surface area (Å²) in [6.45, 7) is 5.53. The van der Waals surface area contributed by atoms with Crippen LogP contribution in [0.2, 0.25) is 10.0 Å². The third-order valence-electron chi connectivity index (χ3n) is 5.69. The maximum absolute atomic E-state index is 12.8. The summed E-state index contributed by atoms with van der Waals surface area (Å²) in [6.07, 6.45) is -4.90. The summed E-state index contributed by atoms with van der Waals surface area (Å²) in [5.41, 5.74) is -2.17. The molecule has 0 amide bonds. The zero-order valence-corrected chi connectivity index (χ0v) is 26.8. The Morgan fingerprint density at radius 1 is 0.915 bits per heavy atom. The molecule has 3 aromatic rings. The van der Waals surface area contributed by atoms with Crippen LogP contribution < -0.4 is 9.47 Å². The van der Waals surface area contributed by atoms with Crippen LogP contribution in [0.4, 0.5) is 18.9 Å². The number of carbonyl (C=O) groups is 3. The predicted molar refractivity (Wildman–Crippen MR) is 164 cm³/mol. The van der Waals surface area contributed by atoms with E-state index >= 15 is 0 Å². The van der Waals surface area contributed by atoms with Gasteiger partial charge >= 0.3 is 24.1 Å². The minimum absolute atomic E-state index is 0.0398. The van der Waals surface area contributed by atoms with Gasteiger partial charge in [0.15, 0.2) is 6.10 Å². The number of halogens is 5. The Morgan fingerprint density at radius 3 is 2.13 bits per heavy atom. The van der Waals surface area contributed by atoms with Crippen molar-refractivity contribution in [3.8, 4) is 17.2 Å². The monoisotopic (exact) mass is 703 g/mol. The topological polar surface area (TPSA) is 140 Å². The molecule has 1 atom stereocenters. The van der Waals surface area contributed by atoms with Crippen molar-refractivity contribution in [2.45, 2.75) is 45.9 Å². The Hall–Kier alpha value is -4.56. The summed E-state index contributed by atoms with van der Waals surface area (Å²) >= 11 is 11.6. The molecule has 0 aliphatic heterocycles. The fourth-order valence-electron chi connectivity index (χ4n) is 3.49. The number of nitro benzene ring substituents is 1. The van der Waals surface area contributed by atoms with Crippen molar-refractivity contribution in [3.05, 3.63) is 92.0 Å². The lowest BCUT2D eigenvalue weighted by Gasteiger charge is -2.13. The van der Waals surface area contributed by atoms with E-state index in [1.807, 2.05) is 0 Å². The standard InChI is InChI=1S/C19H15ClF3NO7.C12H15ClO3/c1-3-29-17(25)10(2)30-18(26)13-9-12(5-6-15(13)24(27)28)31-16-7-4-11(8-14(16)20)19(21,22)23;1-2-15-12(14)4-3-9-16-11-7-5-10(13)6-8-11/h4-10H,3H2,1-2H3;5-8H,2-4,9H2,1H3. The number of carbonyl (C=O) groups excluding carboxylic acids is 3. The minimum atomic E-state index is -4.61. The number of nitrogens with zero attached hydrogens (tertiary/aromatic N) is 1. The molecule has 0 radical (unpaired) electrons. The second kappa shape index (κ2) is 18.6. The molecule has 1 unspecified atom stereocenters. The van der Waals surface area contributed by atoms with E-state index in [2.05, 4.69) is 0 Å². The van der Waals surface area contributed by atoms with Gasteiger partial charge in [-0.25, -0.2) is 9.59 Å². The number of hydrogen-bond acceptors (Lipinski definition) is 10. The molecule has 0 aromatic heterocycles. The zero-order chi connectivity index (χ0) is 35.1. The molecule has 0 fully saturated rings. The van der Waals surface area contributed by atoms with E-state index in [0.29, 0.717) is 37.1 Å². The lowest BCUT2D eigenvalue weighted by Crippen LogP contribution is -2.26. The van der Waals surface area contributed by atoms with Crippen LogP contribution in [-0.4, -0.2) is 48.8 Å². The van der Waals surface area contributed by atoms with Crippen LogP contribution in [0.5, 0.6) is 17.2 Å². The van der Waals surface area contributed by atoms with E-state index in [4.69, 9.17) is 46.9 Å². The highest BCUT2D eigenvalue weighted by atomic mass is 35.5. The molecule has 0 heterocycles. The average molecular weight is 704 g/mol. The van der Waals surface area contributed by atoms with Gasteiger partial charge in [0.1, 0.15) is 22.8 Å². The first kappa shape index (κ1) is 38.6. The van der Waals surface area contributed by atoms with Gasteiger partial charge in [-0.3, -0.25) is 14.9 Å². The van der Waals surface area contributed by atoms with Gasteiger partial charge < -0.3 is 23.7 Å². The number of benzene rings is 3. The summed E-state index contributed by atoms with van der Waals surface area (Å²) in [4.78, 5) is 45.4. The number of nitro groups is 1. The van der Waals surface area contributed by atoms with E-state index in [9.17, 15) is 37.7 Å². The molecule has 0 saturated heterocycles. The quantitative estimate of drug-likeness (QED) is 0.0562. The predicted octanol–water partition coefficient (Wildman–Crippen LogP) is 8.23. The zero-order valence-electron chi connectivity index (χ0n) is 25.3. The van der Waals surface area contributed by atoms with Crippen molar-refractivity contribution in [3.63, 3.8) is 0 Å². The van der Waals surface area contributed by atoms with E-state index in [1.165, 1.54) is 6.92 Å². The van der Waals surface area contributed by atoms with Gasteiger partial charge in [-0.2, -0.15) is 13.2 Å². The van der Waals surface area contributed by atoms with E-state index in [-0.39, 0.29) is 29.1 Å². The molecule has 0 bridgehead atoms. The molecule has 0 aliphatic carbocycles. The van der Waals surface area contributed by atoms with Crippen LogP contribution in [0, 0.1) is 10.1 Å². The number of ether oxygens (including phenoxy) is 5. The summed E-state index contributed by atoms with van der Waals surface area (Å²) < 4.78 is 63.4. The van der Waals surface area contributed by atoms with Crippen molar-refractivity contribution in [1.82, 2.24) is 0 Å². The van der Waals surface area contributed by atoms with Gasteiger partial charge in [-0.05, 0) is 75.7 Å². The van der Waals surface area contributed by atoms with Crippen molar-refractivity contribution < 1.29 is 56.2 Å². The van der Waals surface area contributed by atoms with Gasteiger partial charge in [0.05, 0.1) is 35.3 Å². The van der Waals surface area contributed by atoms with Crippen LogP contribution in [0.15, 0.2) is 60.7 Å². The highest BCUT2D eigenvalue weighted by Gasteiger charge is 2.31. The Morgan fingerprint density at radius 2 is 1.55 bits per heavy atom. The van der Waals surface area contributed by atoms with Crippen molar-refractivity contribution in [2.24, 2.45) is 0 Å². The molecule has 254 valence electrons. The first-order valence-electron chi connectivity index (χ1n) is 13.9. The molecule has 11 nitrogen and oxygen atoms in total. The lowest BCUT2D eigenvalue weighted by molar-refractivity contribution is -0.385. The molecule has 0 aliphatic rings. The van der Waals surface area contributed by atoms with Gasteiger partial charge in [-0.1, -0.05) is 23.2 Å². The first-order chi connectivity index (χ1) is 22.2. The summed E-state index contributed by atoms with van der Waals surface area (Å²) in [5, 5.41) is 11.6. The van der Waals surface area contributed by atoms with E-state index in [0.717, 1.165) is 36.1 Å². The van der Waals surface area contributed by atoms with Crippen LogP contribution in [0.3, 0.4) is 0 Å². The second-order valence-corrected chi connectivity index (χ2v) is 10.0. The van der Waals surface area contributed by atoms with Crippen LogP contribution >= 0.6 is 23.2 Å². The number of hydrogen-bond donors (Lipinski definition) is 0. The Labute approximate surface area is 277 Å². The maximum Gasteiger partial charge on any atom is 0.416 e. The Kier molecular flexibility index (Phi) is 15.2. The van der Waals surface area contributed by atoms with Gasteiger partial charge in [-0.15, -0.1) is 0 Å². The lowest BCUT2D eigenvalue weighted by atomic mass is 10.1. The molecule has 0 spiro atoms. The summed E-state index contributed by atoms with van der Waals surface area (Å²) in [6, 6.07) is 12.5. The van der Waals surface area contributed by atoms with Crippen molar-refractivity contribution in [1.29, 1.82) is 0 Å². The van der Waals surface area contributed by atoms with Gasteiger partial charge in [0.25, 0.3) is 5.69 Å². The SMILES string of the molecule is CCOC(=O)C(C)OC(=O)c1cc(Oc2ccc(C(F)(F)F)cc2Cl)ccc1[N+](=O)[O-].CCOC(=O)CCCOc1ccc(Cl)cc1. The molecular weight excluding hydrogens is 674 g/mol. The number of rotatable bonds is 13. The third kappa shape index (κ3) is 13.0. The third-order valence-corrected chi connectivity index (χ3v) is 6.23. The first-order valence-corrected chi connectivity index (χ1v) is 14.7. The molecular formula is C31H30Cl2F3NO10. The van der Waals surface area contributed by atoms with Crippen LogP contribution in [0.25, 0.3) is 0 Å². The highest BCUT2D eigenvalue weighted by molar-refractivity contribution is 6.32. The van der Waals surface area contributed by atoms with Gasteiger partial charge in [0.2, 0.25) is 0 Å². The molecule has 0 saturated carbocycles. The summed E-state index contributed by atoms with van der Waals surface area (Å²) in [7, 11) is 0. The van der Waals surface area contributed by atoms with Crippen LogP contribution in [0.1, 0.15) is 49.5 Å². The Bertz CT molecular complexity index is 1530. The van der Waals surface area contributed by atoms with Gasteiger partial charge in [0, 0.05) is 23.6 Å². The largest absolute Gasteiger partial charge is 0.494 e. The fraction of sp³-hybridized carbons (Fsp3) is 0.323. The van der Waals surface area contributed by atoms with E-state index < -0.39 is 46.0 Å². The fourth-order valence-corrected chi connectivity index (χ4v) is 3.84. The maximum atomic E-state index is 12.8. The molecule has 47 heavy (non-hydrogen) atoms. The van der Waals surface area contributed by atoms with Crippen molar-refractivity contribution in [2.75, 3.05) is 19.8 Å². The average Bonchev–Trinajstić information content (AvgIpc) is 3.01. The Balaban J connectivity index is 0.000000403. The van der Waals surface area contributed by atoms with E-state index in [1.54, 1.807) is 38.1 Å². The smallest absolute Gasteiger partial charge is 0.416 e. The van der Waals surface area contributed by atoms with Crippen molar-refractivity contribution >= 4 is 46.8 Å². The molecule has 16 heteroatoms. The normalized spacial score (nSPS) is 11.3. The van der Waals surface area contributed by atoms with Crippen LogP contribution in [-0.2, 0) is 30.0 Å². The number of esters is 3. The molecule has 3 aromatic carbocycles. The minimum Gasteiger partial charge on any atom is -0.494 e. The number of alkyl halides is 3. The summed E-state index contributed by atoms with van der Waals surface area (Å²) in [5.74, 6) is -1.78. The molecule has 0 N–H and O–H groups in total. The molecule has 3 rings (SSSR count).